The molecule has 0 N–H and O–H groups in total. The number of aryl methyl sites for hydroxylation is 3. The van der Waals surface area contributed by atoms with Gasteiger partial charge in [-0.25, -0.2) is 4.57 Å². The van der Waals surface area contributed by atoms with E-state index in [1.54, 1.807) is 12.1 Å². The normalized spacial score (nSPS) is 13.9. The number of imidazole rings is 1. The van der Waals surface area contributed by atoms with E-state index in [-0.39, 0.29) is 0 Å². The van der Waals surface area contributed by atoms with Gasteiger partial charge in [0.25, 0.3) is 5.82 Å². The van der Waals surface area contributed by atoms with Crippen LogP contribution in [0.3, 0.4) is 0 Å². The van der Waals surface area contributed by atoms with Gasteiger partial charge in [-0.15, -0.1) is 0 Å². The molecule has 0 saturated heterocycles. The summed E-state index contributed by atoms with van der Waals surface area (Å²) in [5.74, 6) is 0.952. The van der Waals surface area contributed by atoms with Gasteiger partial charge >= 0.3 is 5.71 Å². The molecule has 0 spiro atoms. The predicted molar refractivity (Wildman–Crippen MR) is 118 cm³/mol. The molecule has 3 nitrogen and oxygen atoms in total. The molecular formula is C26H21N2O+. The number of fused-ring (bicyclic) bond motifs is 7. The third-order valence-corrected chi connectivity index (χ3v) is 5.84. The van der Waals surface area contributed by atoms with Crippen molar-refractivity contribution in [1.29, 1.82) is 0 Å². The maximum absolute atomic E-state index is 7.71. The number of nitrogens with zero attached hydrogens (tertiary/aromatic N) is 2. The van der Waals surface area contributed by atoms with Gasteiger partial charge in [0, 0.05) is 9.50 Å². The summed E-state index contributed by atoms with van der Waals surface area (Å²) in [5, 5.41) is 4.65. The minimum atomic E-state index is -2.12. The van der Waals surface area contributed by atoms with Crippen molar-refractivity contribution in [3.05, 3.63) is 84.1 Å². The van der Waals surface area contributed by atoms with E-state index >= 15 is 0 Å². The standard InChI is InChI=1S/C26H21N2O/c1-16-8-10-19(17(2)14-16)26-27(3)15-24-28(26)23-13-12-21-20-7-5-4-6-18(20)9-11-22(21)25(23)29-24/h4-15H,1-3H3/q+1/i1D3. The van der Waals surface area contributed by atoms with Crippen LogP contribution in [0.5, 0.6) is 0 Å². The van der Waals surface area contributed by atoms with Gasteiger partial charge in [-0.2, -0.15) is 4.40 Å². The SMILES string of the molecule is [2H]C([2H])([2H])c1ccc(-c2n3c(c[n+]2C)oc2c4ccc5ccccc5c4ccc23)c(C)c1. The van der Waals surface area contributed by atoms with E-state index in [1.807, 2.05) is 30.8 Å². The molecule has 29 heavy (non-hydrogen) atoms. The highest BCUT2D eigenvalue weighted by atomic mass is 16.3. The quantitative estimate of drug-likeness (QED) is 0.249. The second-order valence-electron chi connectivity index (χ2n) is 7.66. The second-order valence-corrected chi connectivity index (χ2v) is 7.66. The topological polar surface area (TPSA) is 21.4 Å². The molecule has 140 valence electrons. The van der Waals surface area contributed by atoms with Crippen LogP contribution in [0.15, 0.2) is 77.3 Å². The fraction of sp³-hybridized carbons (Fsp3) is 0.115. The number of hydrogen-bond acceptors (Lipinski definition) is 1. The molecule has 0 aliphatic heterocycles. The highest BCUT2D eigenvalue weighted by Gasteiger charge is 2.26. The third kappa shape index (κ3) is 2.21. The molecule has 0 saturated carbocycles. The summed E-state index contributed by atoms with van der Waals surface area (Å²) in [7, 11) is 1.98. The Morgan fingerprint density at radius 1 is 0.931 bits per heavy atom. The van der Waals surface area contributed by atoms with Crippen LogP contribution < -0.4 is 4.57 Å². The van der Waals surface area contributed by atoms with Gasteiger partial charge in [-0.05, 0) is 59.8 Å². The smallest absolute Gasteiger partial charge is 0.336 e. The summed E-state index contributed by atoms with van der Waals surface area (Å²) in [6.07, 6.45) is 1.97. The summed E-state index contributed by atoms with van der Waals surface area (Å²) in [6, 6.07) is 22.2. The molecule has 3 heteroatoms. The van der Waals surface area contributed by atoms with Gasteiger partial charge in [0.15, 0.2) is 17.3 Å². The lowest BCUT2D eigenvalue weighted by Gasteiger charge is -2.05. The number of benzene rings is 4. The van der Waals surface area contributed by atoms with Crippen LogP contribution in [-0.4, -0.2) is 4.40 Å². The fourth-order valence-corrected chi connectivity index (χ4v) is 4.51. The Morgan fingerprint density at radius 2 is 1.79 bits per heavy atom. The molecule has 0 fully saturated rings. The summed E-state index contributed by atoms with van der Waals surface area (Å²) < 4.78 is 33.6. The number of hydrogen-bond donors (Lipinski definition) is 0. The van der Waals surface area contributed by atoms with Crippen molar-refractivity contribution in [2.75, 3.05) is 0 Å². The minimum Gasteiger partial charge on any atom is -0.415 e. The zero-order chi connectivity index (χ0) is 22.2. The Hall–Kier alpha value is -3.59. The summed E-state index contributed by atoms with van der Waals surface area (Å²) in [4.78, 5) is 0. The first-order chi connectivity index (χ1) is 15.3. The van der Waals surface area contributed by atoms with Gasteiger partial charge in [0.1, 0.15) is 0 Å². The first-order valence-corrected chi connectivity index (χ1v) is 9.68. The highest BCUT2D eigenvalue weighted by molar-refractivity contribution is 6.15. The number of rotatable bonds is 1. The Bertz CT molecular complexity index is 1690. The van der Waals surface area contributed by atoms with Crippen LogP contribution in [-0.2, 0) is 7.05 Å². The largest absolute Gasteiger partial charge is 0.415 e. The minimum absolute atomic E-state index is 0.351. The van der Waals surface area contributed by atoms with Crippen molar-refractivity contribution in [2.45, 2.75) is 13.8 Å². The predicted octanol–water partition coefficient (Wildman–Crippen LogP) is 6.10. The lowest BCUT2D eigenvalue weighted by atomic mass is 10.0. The average molecular weight is 380 g/mol. The molecule has 0 aliphatic rings. The van der Waals surface area contributed by atoms with Gasteiger partial charge < -0.3 is 4.42 Å². The molecule has 0 amide bonds. The summed E-state index contributed by atoms with van der Waals surface area (Å²) in [5.41, 5.74) is 4.82. The Kier molecular flexibility index (Phi) is 2.67. The van der Waals surface area contributed by atoms with Crippen molar-refractivity contribution in [3.63, 3.8) is 0 Å². The maximum atomic E-state index is 7.71. The van der Waals surface area contributed by atoms with E-state index in [2.05, 4.69) is 52.9 Å². The van der Waals surface area contributed by atoms with Crippen LogP contribution in [0.1, 0.15) is 15.2 Å². The molecule has 6 rings (SSSR count). The van der Waals surface area contributed by atoms with Gasteiger partial charge in [0.05, 0.1) is 12.6 Å². The second kappa shape index (κ2) is 5.71. The maximum Gasteiger partial charge on any atom is 0.336 e. The van der Waals surface area contributed by atoms with E-state index in [1.165, 1.54) is 10.8 Å². The molecule has 2 aromatic heterocycles. The van der Waals surface area contributed by atoms with Crippen molar-refractivity contribution in [2.24, 2.45) is 7.05 Å². The van der Waals surface area contributed by atoms with Gasteiger partial charge in [-0.1, -0.05) is 48.0 Å². The van der Waals surface area contributed by atoms with E-state index in [4.69, 9.17) is 8.53 Å². The molecule has 6 aromatic rings. The summed E-state index contributed by atoms with van der Waals surface area (Å²) >= 11 is 0. The molecule has 0 radical (unpaired) electrons. The van der Waals surface area contributed by atoms with E-state index in [0.717, 1.165) is 44.5 Å². The fourth-order valence-electron chi connectivity index (χ4n) is 4.51. The van der Waals surface area contributed by atoms with Gasteiger partial charge in [-0.3, -0.25) is 0 Å². The molecule has 0 bridgehead atoms. The van der Waals surface area contributed by atoms with Crippen LogP contribution in [0, 0.1) is 13.8 Å². The lowest BCUT2D eigenvalue weighted by molar-refractivity contribution is -0.658. The number of oxazole rings is 1. The van der Waals surface area contributed by atoms with Crippen LogP contribution in [0.4, 0.5) is 0 Å². The van der Waals surface area contributed by atoms with Crippen molar-refractivity contribution in [1.82, 2.24) is 4.40 Å². The number of aromatic nitrogens is 2. The zero-order valence-electron chi connectivity index (χ0n) is 19.2. The zero-order valence-corrected chi connectivity index (χ0v) is 16.2. The summed E-state index contributed by atoms with van der Waals surface area (Å²) in [6.45, 7) is -0.169. The third-order valence-electron chi connectivity index (χ3n) is 5.84. The molecular weight excluding hydrogens is 356 g/mol. The molecule has 0 aliphatic carbocycles. The monoisotopic (exact) mass is 380 g/mol. The van der Waals surface area contributed by atoms with Crippen molar-refractivity contribution < 1.29 is 13.1 Å². The van der Waals surface area contributed by atoms with Crippen LogP contribution >= 0.6 is 0 Å². The Labute approximate surface area is 172 Å². The Balaban J connectivity index is 1.66. The van der Waals surface area contributed by atoms with E-state index < -0.39 is 6.85 Å². The van der Waals surface area contributed by atoms with Crippen molar-refractivity contribution in [3.8, 4) is 11.4 Å². The van der Waals surface area contributed by atoms with E-state index in [9.17, 15) is 0 Å². The van der Waals surface area contributed by atoms with E-state index in [0.29, 0.717) is 5.56 Å². The molecule has 2 heterocycles. The Morgan fingerprint density at radius 3 is 2.66 bits per heavy atom. The highest BCUT2D eigenvalue weighted by Crippen LogP contribution is 2.35. The van der Waals surface area contributed by atoms with Crippen LogP contribution in [0.25, 0.3) is 49.7 Å². The first kappa shape index (κ1) is 13.6. The first-order valence-electron chi connectivity index (χ1n) is 11.2. The molecule has 4 aromatic carbocycles. The van der Waals surface area contributed by atoms with Crippen LogP contribution in [0.2, 0.25) is 0 Å². The molecule has 0 atom stereocenters. The average Bonchev–Trinajstić information content (AvgIpc) is 3.27. The van der Waals surface area contributed by atoms with Crippen molar-refractivity contribution >= 4 is 38.4 Å². The molecule has 0 unspecified atom stereocenters. The van der Waals surface area contributed by atoms with Gasteiger partial charge in [0.2, 0.25) is 0 Å². The lowest BCUT2D eigenvalue weighted by Crippen LogP contribution is -2.28.